The van der Waals surface area contributed by atoms with E-state index in [1.54, 1.807) is 35.2 Å². The second-order valence-corrected chi connectivity index (χ2v) is 7.33. The number of halogens is 3. The highest BCUT2D eigenvalue weighted by Gasteiger charge is 2.32. The van der Waals surface area contributed by atoms with Crippen molar-refractivity contribution < 1.29 is 37.0 Å². The van der Waals surface area contributed by atoms with Gasteiger partial charge in [0, 0.05) is 25.1 Å². The van der Waals surface area contributed by atoms with E-state index >= 15 is 0 Å². The molecule has 0 atom stereocenters. The van der Waals surface area contributed by atoms with Gasteiger partial charge >= 0.3 is 12.1 Å². The molecule has 176 valence electrons. The number of esters is 1. The van der Waals surface area contributed by atoms with Crippen molar-refractivity contribution in [3.63, 3.8) is 0 Å². The van der Waals surface area contributed by atoms with E-state index in [0.29, 0.717) is 37.6 Å². The van der Waals surface area contributed by atoms with Crippen molar-refractivity contribution in [2.24, 2.45) is 0 Å². The number of rotatable bonds is 8. The molecule has 0 unspecified atom stereocenters. The first-order valence-corrected chi connectivity index (χ1v) is 10.3. The molecular formula is C23H23F3N2O5. The van der Waals surface area contributed by atoms with Gasteiger partial charge in [-0.25, -0.2) is 0 Å². The Hall–Kier alpha value is -3.40. The predicted octanol–water partition coefficient (Wildman–Crippen LogP) is 3.69. The van der Waals surface area contributed by atoms with Crippen LogP contribution in [0.2, 0.25) is 0 Å². The van der Waals surface area contributed by atoms with Gasteiger partial charge in [-0.05, 0) is 18.2 Å². The molecular weight excluding hydrogens is 441 g/mol. The van der Waals surface area contributed by atoms with Gasteiger partial charge in [0.25, 0.3) is 5.91 Å². The molecule has 1 aliphatic heterocycles. The van der Waals surface area contributed by atoms with E-state index in [4.69, 9.17) is 9.47 Å². The summed E-state index contributed by atoms with van der Waals surface area (Å²) in [5.74, 6) is -1.78. The SMILES string of the molecule is O=C(COC(=O)CCC(=O)c1ccccc1)Nc1cc(C(F)(F)F)ccc1N1CCOCC1. The number of ketones is 1. The minimum absolute atomic E-state index is 0.0352. The summed E-state index contributed by atoms with van der Waals surface area (Å²) in [6.07, 6.45) is -4.89. The quantitative estimate of drug-likeness (QED) is 0.474. The van der Waals surface area contributed by atoms with E-state index < -0.39 is 30.2 Å². The van der Waals surface area contributed by atoms with Crippen LogP contribution >= 0.6 is 0 Å². The van der Waals surface area contributed by atoms with Crippen LogP contribution in [-0.2, 0) is 25.2 Å². The Kier molecular flexibility index (Phi) is 8.05. The number of amides is 1. The number of hydrogen-bond donors (Lipinski definition) is 1. The molecule has 0 aliphatic carbocycles. The van der Waals surface area contributed by atoms with Gasteiger partial charge in [-0.1, -0.05) is 30.3 Å². The van der Waals surface area contributed by atoms with Crippen molar-refractivity contribution in [3.05, 3.63) is 59.7 Å². The minimum Gasteiger partial charge on any atom is -0.456 e. The van der Waals surface area contributed by atoms with Gasteiger partial charge in [0.2, 0.25) is 0 Å². The smallest absolute Gasteiger partial charge is 0.416 e. The van der Waals surface area contributed by atoms with E-state index in [-0.39, 0.29) is 24.3 Å². The van der Waals surface area contributed by atoms with Crippen molar-refractivity contribution in [3.8, 4) is 0 Å². The molecule has 2 aromatic rings. The lowest BCUT2D eigenvalue weighted by atomic mass is 10.1. The molecule has 0 aromatic heterocycles. The lowest BCUT2D eigenvalue weighted by Crippen LogP contribution is -2.37. The average molecular weight is 464 g/mol. The fourth-order valence-corrected chi connectivity index (χ4v) is 3.28. The van der Waals surface area contributed by atoms with Gasteiger partial charge < -0.3 is 19.7 Å². The summed E-state index contributed by atoms with van der Waals surface area (Å²) in [4.78, 5) is 38.0. The lowest BCUT2D eigenvalue weighted by Gasteiger charge is -2.31. The van der Waals surface area contributed by atoms with E-state index in [2.05, 4.69) is 5.32 Å². The predicted molar refractivity (Wildman–Crippen MR) is 114 cm³/mol. The van der Waals surface area contributed by atoms with Crippen LogP contribution in [0.3, 0.4) is 0 Å². The first-order valence-electron chi connectivity index (χ1n) is 10.3. The second kappa shape index (κ2) is 11.0. The lowest BCUT2D eigenvalue weighted by molar-refractivity contribution is -0.147. The van der Waals surface area contributed by atoms with Crippen molar-refractivity contribution >= 4 is 29.0 Å². The fourth-order valence-electron chi connectivity index (χ4n) is 3.28. The third kappa shape index (κ3) is 7.04. The summed E-state index contributed by atoms with van der Waals surface area (Å²) in [5, 5.41) is 2.40. The summed E-state index contributed by atoms with van der Waals surface area (Å²) in [5.41, 5.74) is -0.0686. The largest absolute Gasteiger partial charge is 0.456 e. The molecule has 1 amide bonds. The molecule has 1 N–H and O–H groups in total. The molecule has 1 saturated heterocycles. The normalized spacial score (nSPS) is 14.0. The van der Waals surface area contributed by atoms with Crippen molar-refractivity contribution in [1.82, 2.24) is 0 Å². The highest BCUT2D eigenvalue weighted by molar-refractivity contribution is 5.98. The minimum atomic E-state index is -4.58. The van der Waals surface area contributed by atoms with Gasteiger partial charge in [0.05, 0.1) is 36.6 Å². The second-order valence-electron chi connectivity index (χ2n) is 7.33. The summed E-state index contributed by atoms with van der Waals surface area (Å²) < 4.78 is 49.6. The summed E-state index contributed by atoms with van der Waals surface area (Å²) >= 11 is 0. The van der Waals surface area contributed by atoms with Gasteiger partial charge in [-0.15, -0.1) is 0 Å². The number of alkyl halides is 3. The third-order valence-electron chi connectivity index (χ3n) is 4.97. The summed E-state index contributed by atoms with van der Waals surface area (Å²) in [6, 6.07) is 11.5. The number of benzene rings is 2. The summed E-state index contributed by atoms with van der Waals surface area (Å²) in [6.45, 7) is 1.05. The highest BCUT2D eigenvalue weighted by Crippen LogP contribution is 2.35. The van der Waals surface area contributed by atoms with E-state index in [1.807, 2.05) is 0 Å². The number of Topliss-reactive ketones (excluding diaryl/α,β-unsaturated/α-hetero) is 1. The average Bonchev–Trinajstić information content (AvgIpc) is 2.81. The van der Waals surface area contributed by atoms with Crippen LogP contribution in [0.15, 0.2) is 48.5 Å². The highest BCUT2D eigenvalue weighted by atomic mass is 19.4. The molecule has 1 fully saturated rings. The molecule has 0 saturated carbocycles. The van der Waals surface area contributed by atoms with Crippen LogP contribution in [0.4, 0.5) is 24.5 Å². The van der Waals surface area contributed by atoms with Crippen LogP contribution in [0.5, 0.6) is 0 Å². The van der Waals surface area contributed by atoms with Crippen LogP contribution in [0, 0.1) is 0 Å². The molecule has 0 bridgehead atoms. The first kappa shape index (κ1) is 24.2. The molecule has 7 nitrogen and oxygen atoms in total. The molecule has 3 rings (SSSR count). The van der Waals surface area contributed by atoms with Crippen LogP contribution in [0.1, 0.15) is 28.8 Å². The fraction of sp³-hybridized carbons (Fsp3) is 0.348. The van der Waals surface area contributed by atoms with Crippen LogP contribution in [-0.4, -0.2) is 50.6 Å². The summed E-state index contributed by atoms with van der Waals surface area (Å²) in [7, 11) is 0. The van der Waals surface area contributed by atoms with Crippen molar-refractivity contribution in [2.45, 2.75) is 19.0 Å². The van der Waals surface area contributed by atoms with Crippen molar-refractivity contribution in [2.75, 3.05) is 43.1 Å². The zero-order chi connectivity index (χ0) is 23.8. The number of nitrogens with zero attached hydrogens (tertiary/aromatic N) is 1. The first-order chi connectivity index (χ1) is 15.7. The number of anilines is 2. The van der Waals surface area contributed by atoms with Crippen LogP contribution < -0.4 is 10.2 Å². The zero-order valence-electron chi connectivity index (χ0n) is 17.7. The molecule has 1 heterocycles. The number of hydrogen-bond acceptors (Lipinski definition) is 6. The molecule has 1 aliphatic rings. The maximum absolute atomic E-state index is 13.2. The number of ether oxygens (including phenoxy) is 2. The van der Waals surface area contributed by atoms with E-state index in [9.17, 15) is 27.6 Å². The van der Waals surface area contributed by atoms with E-state index in [1.165, 1.54) is 6.07 Å². The van der Waals surface area contributed by atoms with Crippen molar-refractivity contribution in [1.29, 1.82) is 0 Å². The molecule has 0 spiro atoms. The molecule has 2 aromatic carbocycles. The third-order valence-corrected chi connectivity index (χ3v) is 4.97. The zero-order valence-corrected chi connectivity index (χ0v) is 17.7. The monoisotopic (exact) mass is 464 g/mol. The number of nitrogens with one attached hydrogen (secondary N) is 1. The van der Waals surface area contributed by atoms with Gasteiger partial charge in [-0.3, -0.25) is 14.4 Å². The Morgan fingerprint density at radius 3 is 2.36 bits per heavy atom. The van der Waals surface area contributed by atoms with Gasteiger partial charge in [0.1, 0.15) is 0 Å². The number of morpholine rings is 1. The Morgan fingerprint density at radius 2 is 1.70 bits per heavy atom. The van der Waals surface area contributed by atoms with Gasteiger partial charge in [-0.2, -0.15) is 13.2 Å². The van der Waals surface area contributed by atoms with Gasteiger partial charge in [0.15, 0.2) is 12.4 Å². The molecule has 0 radical (unpaired) electrons. The molecule has 10 heteroatoms. The Balaban J connectivity index is 1.58. The van der Waals surface area contributed by atoms with E-state index in [0.717, 1.165) is 12.1 Å². The Bertz CT molecular complexity index is 989. The molecule has 33 heavy (non-hydrogen) atoms. The maximum Gasteiger partial charge on any atom is 0.416 e. The number of carbonyl (C=O) groups excluding carboxylic acids is 3. The Labute approximate surface area is 188 Å². The Morgan fingerprint density at radius 1 is 1.00 bits per heavy atom. The number of carbonyl (C=O) groups is 3. The standard InChI is InChI=1S/C23H23F3N2O5/c24-23(25,26)17-6-7-19(28-10-12-32-13-11-28)18(14-17)27-21(30)15-33-22(31)9-8-20(29)16-4-2-1-3-5-16/h1-7,14H,8-13,15H2,(H,27,30). The topological polar surface area (TPSA) is 84.9 Å². The maximum atomic E-state index is 13.2. The van der Waals surface area contributed by atoms with Crippen LogP contribution in [0.25, 0.3) is 0 Å².